The number of hydrogen-bond acceptors (Lipinski definition) is 2. The number of rotatable bonds is 2. The number of hydrogen-bond donors (Lipinski definition) is 0. The average molecular weight is 232 g/mol. The maximum atomic E-state index is 12.2. The van der Waals surface area contributed by atoms with Gasteiger partial charge in [0.05, 0.1) is 0 Å². The summed E-state index contributed by atoms with van der Waals surface area (Å²) < 4.78 is 0. The van der Waals surface area contributed by atoms with Crippen LogP contribution in [0.1, 0.15) is 19.3 Å². The number of benzene rings is 1. The normalized spacial score (nSPS) is 20.1. The minimum absolute atomic E-state index is 0.0150. The molecule has 1 atom stereocenters. The molecule has 0 radical (unpaired) electrons. The first-order chi connectivity index (χ1) is 8.20. The van der Waals surface area contributed by atoms with Gasteiger partial charge in [-0.3, -0.25) is 4.79 Å². The van der Waals surface area contributed by atoms with Gasteiger partial charge in [-0.15, -0.1) is 0 Å². The summed E-state index contributed by atoms with van der Waals surface area (Å²) in [6, 6.07) is 10.3. The van der Waals surface area contributed by atoms with E-state index in [0.717, 1.165) is 25.1 Å². The van der Waals surface area contributed by atoms with Crippen LogP contribution in [0.15, 0.2) is 30.3 Å². The van der Waals surface area contributed by atoms with Gasteiger partial charge in [0.2, 0.25) is 5.91 Å². The molecule has 1 amide bonds. The second kappa shape index (κ2) is 5.21. The highest BCUT2D eigenvalue weighted by Gasteiger charge is 2.29. The van der Waals surface area contributed by atoms with Gasteiger partial charge in [-0.1, -0.05) is 18.2 Å². The maximum absolute atomic E-state index is 12.2. The first-order valence-corrected chi connectivity index (χ1v) is 6.23. The Bertz CT molecular complexity index is 375. The molecule has 1 aromatic carbocycles. The standard InChI is InChI=1S/C14H20N2O/c1-15(2)14(17)13-10-6-7-11-16(13)12-8-4-3-5-9-12/h3-5,8-9,13H,6-7,10-11H2,1-2H3. The van der Waals surface area contributed by atoms with Gasteiger partial charge >= 0.3 is 0 Å². The first-order valence-electron chi connectivity index (χ1n) is 6.23. The summed E-state index contributed by atoms with van der Waals surface area (Å²) in [5.41, 5.74) is 1.16. The van der Waals surface area contributed by atoms with E-state index in [-0.39, 0.29) is 11.9 Å². The molecule has 0 aromatic heterocycles. The SMILES string of the molecule is CN(C)C(=O)C1CCCCN1c1ccccc1. The van der Waals surface area contributed by atoms with Crippen LogP contribution in [0.4, 0.5) is 5.69 Å². The molecule has 1 aliphatic heterocycles. The van der Waals surface area contributed by atoms with Gasteiger partial charge in [-0.05, 0) is 31.4 Å². The summed E-state index contributed by atoms with van der Waals surface area (Å²) >= 11 is 0. The van der Waals surface area contributed by atoms with E-state index in [0.29, 0.717) is 0 Å². The lowest BCUT2D eigenvalue weighted by atomic mass is 10.00. The summed E-state index contributed by atoms with van der Waals surface area (Å²) in [6.45, 7) is 0.980. The van der Waals surface area contributed by atoms with Gasteiger partial charge in [-0.2, -0.15) is 0 Å². The number of nitrogens with zero attached hydrogens (tertiary/aromatic N) is 2. The van der Waals surface area contributed by atoms with Gasteiger partial charge < -0.3 is 9.80 Å². The van der Waals surface area contributed by atoms with Crippen molar-refractivity contribution in [2.75, 3.05) is 25.5 Å². The van der Waals surface area contributed by atoms with Crippen LogP contribution in [0.25, 0.3) is 0 Å². The Hall–Kier alpha value is -1.51. The van der Waals surface area contributed by atoms with Crippen molar-refractivity contribution < 1.29 is 4.79 Å². The average Bonchev–Trinajstić information content (AvgIpc) is 2.39. The van der Waals surface area contributed by atoms with Gasteiger partial charge in [0.25, 0.3) is 0 Å². The second-order valence-corrected chi connectivity index (χ2v) is 4.77. The number of likely N-dealkylation sites (N-methyl/N-ethyl adjacent to an activating group) is 1. The Balaban J connectivity index is 2.21. The number of piperidine rings is 1. The summed E-state index contributed by atoms with van der Waals surface area (Å²) in [7, 11) is 3.67. The molecule has 0 aliphatic carbocycles. The minimum Gasteiger partial charge on any atom is -0.360 e. The van der Waals surface area contributed by atoms with Crippen LogP contribution in [0.5, 0.6) is 0 Å². The molecule has 1 unspecified atom stereocenters. The van der Waals surface area contributed by atoms with Crippen LogP contribution in [-0.2, 0) is 4.79 Å². The molecule has 0 spiro atoms. The lowest BCUT2D eigenvalue weighted by Crippen LogP contribution is -2.49. The molecule has 3 heteroatoms. The molecule has 1 aromatic rings. The van der Waals surface area contributed by atoms with Crippen molar-refractivity contribution in [2.24, 2.45) is 0 Å². The molecule has 1 heterocycles. The summed E-state index contributed by atoms with van der Waals surface area (Å²) in [5.74, 6) is 0.216. The molecule has 1 fully saturated rings. The molecule has 2 rings (SSSR count). The molecule has 3 nitrogen and oxygen atoms in total. The summed E-state index contributed by atoms with van der Waals surface area (Å²) in [4.78, 5) is 16.1. The first kappa shape index (κ1) is 12.0. The van der Waals surface area contributed by atoms with E-state index in [1.165, 1.54) is 6.42 Å². The van der Waals surface area contributed by atoms with E-state index in [9.17, 15) is 4.79 Å². The number of carbonyl (C=O) groups excluding carboxylic acids is 1. The lowest BCUT2D eigenvalue weighted by molar-refractivity contribution is -0.130. The van der Waals surface area contributed by atoms with Crippen molar-refractivity contribution in [2.45, 2.75) is 25.3 Å². The number of anilines is 1. The molecule has 0 bridgehead atoms. The zero-order valence-electron chi connectivity index (χ0n) is 10.6. The monoisotopic (exact) mass is 232 g/mol. The largest absolute Gasteiger partial charge is 0.360 e. The van der Waals surface area contributed by atoms with Crippen LogP contribution in [-0.4, -0.2) is 37.5 Å². The Kier molecular flexibility index (Phi) is 3.67. The fraction of sp³-hybridized carbons (Fsp3) is 0.500. The van der Waals surface area contributed by atoms with Crippen molar-refractivity contribution in [3.05, 3.63) is 30.3 Å². The van der Waals surface area contributed by atoms with Crippen molar-refractivity contribution in [3.8, 4) is 0 Å². The predicted octanol–water partition coefficient (Wildman–Crippen LogP) is 2.13. The van der Waals surface area contributed by atoms with E-state index >= 15 is 0 Å². The third kappa shape index (κ3) is 2.60. The highest BCUT2D eigenvalue weighted by molar-refractivity contribution is 5.85. The second-order valence-electron chi connectivity index (χ2n) is 4.77. The topological polar surface area (TPSA) is 23.6 Å². The molecule has 0 N–H and O–H groups in total. The quantitative estimate of drug-likeness (QED) is 0.780. The Morgan fingerprint density at radius 3 is 2.59 bits per heavy atom. The van der Waals surface area contributed by atoms with Crippen LogP contribution >= 0.6 is 0 Å². The van der Waals surface area contributed by atoms with Crippen molar-refractivity contribution in [1.29, 1.82) is 0 Å². The van der Waals surface area contributed by atoms with E-state index in [1.54, 1.807) is 4.90 Å². The Morgan fingerprint density at radius 1 is 1.24 bits per heavy atom. The fourth-order valence-electron chi connectivity index (χ4n) is 2.41. The minimum atomic E-state index is 0.0150. The molecule has 92 valence electrons. The van der Waals surface area contributed by atoms with Crippen molar-refractivity contribution in [3.63, 3.8) is 0 Å². The van der Waals surface area contributed by atoms with E-state index in [4.69, 9.17) is 0 Å². The van der Waals surface area contributed by atoms with E-state index < -0.39 is 0 Å². The highest BCUT2D eigenvalue weighted by Crippen LogP contribution is 2.25. The van der Waals surface area contributed by atoms with Gasteiger partial charge in [-0.25, -0.2) is 0 Å². The van der Waals surface area contributed by atoms with Gasteiger partial charge in [0.15, 0.2) is 0 Å². The maximum Gasteiger partial charge on any atom is 0.244 e. The van der Waals surface area contributed by atoms with Crippen molar-refractivity contribution in [1.82, 2.24) is 4.90 Å². The number of para-hydroxylation sites is 1. The van der Waals surface area contributed by atoms with Gasteiger partial charge in [0, 0.05) is 26.3 Å². The molecular formula is C14H20N2O. The van der Waals surface area contributed by atoms with E-state index in [2.05, 4.69) is 17.0 Å². The number of carbonyl (C=O) groups is 1. The smallest absolute Gasteiger partial charge is 0.244 e. The summed E-state index contributed by atoms with van der Waals surface area (Å²) in [5, 5.41) is 0. The zero-order valence-corrected chi connectivity index (χ0v) is 10.6. The molecule has 0 saturated carbocycles. The third-order valence-corrected chi connectivity index (χ3v) is 3.32. The van der Waals surface area contributed by atoms with E-state index in [1.807, 2.05) is 32.3 Å². The Labute approximate surface area is 103 Å². The highest BCUT2D eigenvalue weighted by atomic mass is 16.2. The van der Waals surface area contributed by atoms with Crippen LogP contribution in [0, 0.1) is 0 Å². The van der Waals surface area contributed by atoms with Crippen molar-refractivity contribution >= 4 is 11.6 Å². The van der Waals surface area contributed by atoms with Crippen LogP contribution in [0.3, 0.4) is 0 Å². The molecular weight excluding hydrogens is 212 g/mol. The molecule has 1 saturated heterocycles. The predicted molar refractivity (Wildman–Crippen MR) is 70.1 cm³/mol. The van der Waals surface area contributed by atoms with Gasteiger partial charge in [0.1, 0.15) is 6.04 Å². The fourth-order valence-corrected chi connectivity index (χ4v) is 2.41. The zero-order chi connectivity index (χ0) is 12.3. The number of amides is 1. The van der Waals surface area contributed by atoms with Crippen LogP contribution < -0.4 is 4.90 Å². The lowest BCUT2D eigenvalue weighted by Gasteiger charge is -2.37. The van der Waals surface area contributed by atoms with Crippen LogP contribution in [0.2, 0.25) is 0 Å². The molecule has 1 aliphatic rings. The third-order valence-electron chi connectivity index (χ3n) is 3.32. The Morgan fingerprint density at radius 2 is 1.94 bits per heavy atom. The molecule has 17 heavy (non-hydrogen) atoms. The summed E-state index contributed by atoms with van der Waals surface area (Å²) in [6.07, 6.45) is 3.28.